The summed E-state index contributed by atoms with van der Waals surface area (Å²) >= 11 is 0. The van der Waals surface area contributed by atoms with E-state index in [1.54, 1.807) is 0 Å². The van der Waals surface area contributed by atoms with Crippen LogP contribution in [-0.4, -0.2) is 37.6 Å². The van der Waals surface area contributed by atoms with E-state index in [2.05, 4.69) is 5.32 Å². The second-order valence-electron chi connectivity index (χ2n) is 5.68. The molecule has 0 aliphatic carbocycles. The van der Waals surface area contributed by atoms with Gasteiger partial charge in [-0.3, -0.25) is 14.9 Å². The monoisotopic (exact) mass is 428 g/mol. The van der Waals surface area contributed by atoms with E-state index >= 15 is 0 Å². The number of nitrogens with one attached hydrogen (secondary N) is 1. The van der Waals surface area contributed by atoms with Crippen LogP contribution in [-0.2, 0) is 15.7 Å². The SMILES string of the molecule is COc1cc(C(=O)OCC(=O)Nc2ccc(C(F)(F)F)cc2)c([N+](=O)[O-])cc1OC. The Balaban J connectivity index is 2.08. The predicted molar refractivity (Wildman–Crippen MR) is 96.6 cm³/mol. The van der Waals surface area contributed by atoms with Crippen LogP contribution in [0.15, 0.2) is 36.4 Å². The fourth-order valence-electron chi connectivity index (χ4n) is 2.33. The Hall–Kier alpha value is -3.83. The molecule has 0 aliphatic heterocycles. The molecule has 160 valence electrons. The van der Waals surface area contributed by atoms with Gasteiger partial charge in [-0.05, 0) is 24.3 Å². The van der Waals surface area contributed by atoms with E-state index in [9.17, 15) is 32.9 Å². The van der Waals surface area contributed by atoms with Crippen LogP contribution in [0, 0.1) is 10.1 Å². The van der Waals surface area contributed by atoms with Gasteiger partial charge in [0.2, 0.25) is 0 Å². The van der Waals surface area contributed by atoms with Gasteiger partial charge in [0.25, 0.3) is 11.6 Å². The molecule has 30 heavy (non-hydrogen) atoms. The Morgan fingerprint density at radius 2 is 1.63 bits per heavy atom. The Bertz CT molecular complexity index is 959. The van der Waals surface area contributed by atoms with Crippen LogP contribution < -0.4 is 14.8 Å². The maximum atomic E-state index is 12.5. The van der Waals surface area contributed by atoms with Crippen molar-refractivity contribution in [3.8, 4) is 11.5 Å². The maximum Gasteiger partial charge on any atom is 0.416 e. The number of halogens is 3. The second kappa shape index (κ2) is 9.11. The van der Waals surface area contributed by atoms with Crippen LogP contribution >= 0.6 is 0 Å². The van der Waals surface area contributed by atoms with Gasteiger partial charge >= 0.3 is 12.1 Å². The van der Waals surface area contributed by atoms with Crippen molar-refractivity contribution in [2.45, 2.75) is 6.18 Å². The van der Waals surface area contributed by atoms with Gasteiger partial charge in [-0.25, -0.2) is 4.79 Å². The minimum Gasteiger partial charge on any atom is -0.493 e. The first-order valence-corrected chi connectivity index (χ1v) is 8.11. The molecule has 1 N–H and O–H groups in total. The highest BCUT2D eigenvalue weighted by atomic mass is 19.4. The number of nitrogens with zero attached hydrogens (tertiary/aromatic N) is 1. The second-order valence-corrected chi connectivity index (χ2v) is 5.68. The summed E-state index contributed by atoms with van der Waals surface area (Å²) in [4.78, 5) is 34.5. The van der Waals surface area contributed by atoms with Crippen molar-refractivity contribution in [1.82, 2.24) is 0 Å². The van der Waals surface area contributed by atoms with Gasteiger partial charge in [-0.1, -0.05) is 0 Å². The Labute approximate surface area is 167 Å². The highest BCUT2D eigenvalue weighted by molar-refractivity contribution is 5.98. The van der Waals surface area contributed by atoms with E-state index in [0.29, 0.717) is 0 Å². The van der Waals surface area contributed by atoms with E-state index in [0.717, 1.165) is 36.4 Å². The van der Waals surface area contributed by atoms with E-state index in [1.165, 1.54) is 14.2 Å². The van der Waals surface area contributed by atoms with Gasteiger partial charge in [-0.2, -0.15) is 13.2 Å². The lowest BCUT2D eigenvalue weighted by Gasteiger charge is -2.11. The number of anilines is 1. The van der Waals surface area contributed by atoms with Crippen LogP contribution in [0.3, 0.4) is 0 Å². The smallest absolute Gasteiger partial charge is 0.416 e. The van der Waals surface area contributed by atoms with Crippen LogP contribution in [0.2, 0.25) is 0 Å². The van der Waals surface area contributed by atoms with Gasteiger partial charge in [0, 0.05) is 11.8 Å². The molecule has 0 saturated heterocycles. The Morgan fingerprint density at radius 3 is 2.13 bits per heavy atom. The zero-order valence-corrected chi connectivity index (χ0v) is 15.6. The van der Waals surface area contributed by atoms with Crippen molar-refractivity contribution >= 4 is 23.3 Å². The Morgan fingerprint density at radius 1 is 1.07 bits per heavy atom. The summed E-state index contributed by atoms with van der Waals surface area (Å²) in [6.07, 6.45) is -4.52. The molecule has 1 amide bonds. The van der Waals surface area contributed by atoms with Gasteiger partial charge in [-0.15, -0.1) is 0 Å². The average molecular weight is 428 g/mol. The first-order valence-electron chi connectivity index (χ1n) is 8.11. The molecular formula is C18H15F3N2O7. The van der Waals surface area contributed by atoms with Gasteiger partial charge in [0.1, 0.15) is 5.56 Å². The minimum atomic E-state index is -4.52. The lowest BCUT2D eigenvalue weighted by molar-refractivity contribution is -0.385. The molecule has 0 heterocycles. The molecule has 0 aromatic heterocycles. The summed E-state index contributed by atoms with van der Waals surface area (Å²) in [5.74, 6) is -1.98. The third kappa shape index (κ3) is 5.37. The van der Waals surface area contributed by atoms with Crippen molar-refractivity contribution in [2.75, 3.05) is 26.1 Å². The fourth-order valence-corrected chi connectivity index (χ4v) is 2.33. The van der Waals surface area contributed by atoms with Crippen molar-refractivity contribution in [3.63, 3.8) is 0 Å². The number of nitro benzene ring substituents is 1. The van der Waals surface area contributed by atoms with E-state index in [-0.39, 0.29) is 17.2 Å². The third-order valence-electron chi connectivity index (χ3n) is 3.75. The number of hydrogen-bond acceptors (Lipinski definition) is 7. The molecular weight excluding hydrogens is 413 g/mol. The molecule has 0 spiro atoms. The first kappa shape index (κ1) is 22.5. The number of ether oxygens (including phenoxy) is 3. The molecule has 0 fully saturated rings. The van der Waals surface area contributed by atoms with E-state index in [1.807, 2.05) is 0 Å². The predicted octanol–water partition coefficient (Wildman–Crippen LogP) is 3.43. The molecule has 2 aromatic carbocycles. The molecule has 0 radical (unpaired) electrons. The zero-order valence-electron chi connectivity index (χ0n) is 15.6. The number of methoxy groups -OCH3 is 2. The maximum absolute atomic E-state index is 12.5. The number of hydrogen-bond donors (Lipinski definition) is 1. The van der Waals surface area contributed by atoms with Gasteiger partial charge in [0.05, 0.1) is 30.8 Å². The number of nitro groups is 1. The fraction of sp³-hybridized carbons (Fsp3) is 0.222. The number of alkyl halides is 3. The van der Waals surface area contributed by atoms with Gasteiger partial charge < -0.3 is 19.5 Å². The summed E-state index contributed by atoms with van der Waals surface area (Å²) in [7, 11) is 2.52. The van der Waals surface area contributed by atoms with Crippen molar-refractivity contribution in [3.05, 3.63) is 57.6 Å². The summed E-state index contributed by atoms with van der Waals surface area (Å²) < 4.78 is 52.3. The van der Waals surface area contributed by atoms with Crippen LogP contribution in [0.4, 0.5) is 24.5 Å². The normalized spacial score (nSPS) is 10.8. The number of benzene rings is 2. The minimum absolute atomic E-state index is 0.0146. The molecule has 0 unspecified atom stereocenters. The van der Waals surface area contributed by atoms with Crippen molar-refractivity contribution in [1.29, 1.82) is 0 Å². The summed E-state index contributed by atoms with van der Waals surface area (Å²) in [5, 5.41) is 13.5. The molecule has 12 heteroatoms. The lowest BCUT2D eigenvalue weighted by Crippen LogP contribution is -2.21. The molecule has 0 atom stereocenters. The van der Waals surface area contributed by atoms with Crippen molar-refractivity contribution < 1.29 is 41.9 Å². The highest BCUT2D eigenvalue weighted by Gasteiger charge is 2.30. The number of rotatable bonds is 7. The summed E-state index contributed by atoms with van der Waals surface area (Å²) in [6.45, 7) is -0.828. The number of carbonyl (C=O) groups excluding carboxylic acids is 2. The molecule has 0 aliphatic rings. The zero-order chi connectivity index (χ0) is 22.5. The first-order chi connectivity index (χ1) is 14.1. The van der Waals surface area contributed by atoms with Gasteiger partial charge in [0.15, 0.2) is 18.1 Å². The van der Waals surface area contributed by atoms with Crippen molar-refractivity contribution in [2.24, 2.45) is 0 Å². The Kier molecular flexibility index (Phi) is 6.82. The largest absolute Gasteiger partial charge is 0.493 e. The summed E-state index contributed by atoms with van der Waals surface area (Å²) in [5.41, 5.74) is -1.95. The topological polar surface area (TPSA) is 117 Å². The van der Waals surface area contributed by atoms with E-state index in [4.69, 9.17) is 14.2 Å². The molecule has 0 bridgehead atoms. The number of esters is 1. The number of amides is 1. The molecule has 2 rings (SSSR count). The standard InChI is InChI=1S/C18H15F3N2O7/c1-28-14-7-12(13(23(26)27)8-15(14)29-2)17(25)30-9-16(24)22-11-5-3-10(4-6-11)18(19,20)21/h3-8H,9H2,1-2H3,(H,22,24). The quantitative estimate of drug-likeness (QED) is 0.408. The van der Waals surface area contributed by atoms with Crippen LogP contribution in [0.1, 0.15) is 15.9 Å². The summed E-state index contributed by atoms with van der Waals surface area (Å²) in [6, 6.07) is 5.61. The third-order valence-corrected chi connectivity index (χ3v) is 3.75. The van der Waals surface area contributed by atoms with E-state index < -0.39 is 46.4 Å². The van der Waals surface area contributed by atoms with Crippen LogP contribution in [0.5, 0.6) is 11.5 Å². The molecule has 2 aromatic rings. The lowest BCUT2D eigenvalue weighted by atomic mass is 10.1. The average Bonchev–Trinajstić information content (AvgIpc) is 2.70. The molecule has 9 nitrogen and oxygen atoms in total. The highest BCUT2D eigenvalue weighted by Crippen LogP contribution is 2.35. The molecule has 0 saturated carbocycles. The number of carbonyl (C=O) groups is 2. The van der Waals surface area contributed by atoms with Crippen LogP contribution in [0.25, 0.3) is 0 Å².